The molecule has 4 nitrogen and oxygen atoms in total. The summed E-state index contributed by atoms with van der Waals surface area (Å²) < 4.78 is 2.26. The van der Waals surface area contributed by atoms with Gasteiger partial charge in [0.1, 0.15) is 0 Å². The largest absolute Gasteiger partial charge is 0.355 e. The van der Waals surface area contributed by atoms with E-state index in [1.54, 1.807) is 0 Å². The number of hydrogen-bond acceptors (Lipinski definition) is 3. The molecule has 0 unspecified atom stereocenters. The third-order valence-corrected chi connectivity index (χ3v) is 5.56. The van der Waals surface area contributed by atoms with Crippen LogP contribution < -0.4 is 5.32 Å². The Labute approximate surface area is 145 Å². The van der Waals surface area contributed by atoms with E-state index in [0.29, 0.717) is 6.42 Å². The Morgan fingerprint density at radius 2 is 1.87 bits per heavy atom. The van der Waals surface area contributed by atoms with Gasteiger partial charge >= 0.3 is 0 Å². The Balaban J connectivity index is 1.96. The Morgan fingerprint density at radius 3 is 2.43 bits per heavy atom. The summed E-state index contributed by atoms with van der Waals surface area (Å²) in [4.78, 5) is 14.8. The van der Waals surface area contributed by atoms with E-state index >= 15 is 0 Å². The fraction of sp³-hybridized carbons (Fsp3) is 0.722. The third-order valence-electron chi connectivity index (χ3n) is 4.57. The topological polar surface area (TPSA) is 37.3 Å². The van der Waals surface area contributed by atoms with Gasteiger partial charge in [-0.05, 0) is 56.0 Å². The number of carbonyl (C=O) groups excluding carboxylic acids is 1. The molecule has 1 aliphatic rings. The smallest absolute Gasteiger partial charge is 0.222 e. The maximum absolute atomic E-state index is 12.6. The molecule has 0 atom stereocenters. The second-order valence-electron chi connectivity index (χ2n) is 7.78. The van der Waals surface area contributed by atoms with Gasteiger partial charge in [-0.15, -0.1) is 0 Å². The van der Waals surface area contributed by atoms with Gasteiger partial charge in [0.25, 0.3) is 0 Å². The van der Waals surface area contributed by atoms with Crippen LogP contribution in [0.5, 0.6) is 0 Å². The zero-order valence-corrected chi connectivity index (χ0v) is 15.8. The van der Waals surface area contributed by atoms with Crippen LogP contribution in [0.2, 0.25) is 0 Å². The van der Waals surface area contributed by atoms with Crippen molar-refractivity contribution in [3.05, 3.63) is 24.5 Å². The summed E-state index contributed by atoms with van der Waals surface area (Å²) in [5, 5.41) is 3.18. The van der Waals surface area contributed by atoms with E-state index in [9.17, 15) is 4.79 Å². The van der Waals surface area contributed by atoms with Crippen LogP contribution in [0.1, 0.15) is 33.1 Å². The molecule has 0 saturated carbocycles. The monoisotopic (exact) mass is 337 g/mol. The molecule has 1 N–H and O–H groups in total. The van der Waals surface area contributed by atoms with Gasteiger partial charge < -0.3 is 14.8 Å². The van der Waals surface area contributed by atoms with Crippen LogP contribution in [0.25, 0.3) is 0 Å². The predicted octanol–water partition coefficient (Wildman–Crippen LogP) is 2.80. The molecule has 2 rings (SSSR count). The third kappa shape index (κ3) is 5.28. The molecule has 1 amide bonds. The summed E-state index contributed by atoms with van der Waals surface area (Å²) in [5.74, 6) is 2.45. The molecular formula is C18H31N3OS. The van der Waals surface area contributed by atoms with Crippen molar-refractivity contribution in [3.63, 3.8) is 0 Å². The number of amides is 1. The number of thioether (sulfide) groups is 1. The van der Waals surface area contributed by atoms with Gasteiger partial charge in [0, 0.05) is 25.5 Å². The Hall–Kier alpha value is -0.940. The Morgan fingerprint density at radius 1 is 1.26 bits per heavy atom. The summed E-state index contributed by atoms with van der Waals surface area (Å²) in [6, 6.07) is 4.11. The summed E-state index contributed by atoms with van der Waals surface area (Å²) in [6.45, 7) is 6.09. The zero-order valence-electron chi connectivity index (χ0n) is 15.0. The van der Waals surface area contributed by atoms with Crippen LogP contribution in [-0.2, 0) is 10.3 Å². The summed E-state index contributed by atoms with van der Waals surface area (Å²) >= 11 is 2.00. The van der Waals surface area contributed by atoms with Gasteiger partial charge in [-0.25, -0.2) is 0 Å². The summed E-state index contributed by atoms with van der Waals surface area (Å²) in [7, 11) is 4.15. The highest BCUT2D eigenvalue weighted by Gasteiger charge is 2.36. The van der Waals surface area contributed by atoms with Crippen LogP contribution in [0, 0.1) is 5.41 Å². The lowest BCUT2D eigenvalue weighted by Gasteiger charge is -2.38. The van der Waals surface area contributed by atoms with Crippen molar-refractivity contribution >= 4 is 17.7 Å². The molecule has 1 aromatic rings. The van der Waals surface area contributed by atoms with E-state index in [1.165, 1.54) is 0 Å². The molecule has 0 radical (unpaired) electrons. The number of carbonyl (C=O) groups is 1. The first-order valence-corrected chi connectivity index (χ1v) is 9.61. The molecule has 0 aliphatic carbocycles. The number of aromatic nitrogens is 1. The normalized spacial score (nSPS) is 18.1. The molecule has 1 saturated heterocycles. The second-order valence-corrected chi connectivity index (χ2v) is 9.01. The zero-order chi connectivity index (χ0) is 16.9. The molecule has 2 heterocycles. The molecular weight excluding hydrogens is 306 g/mol. The van der Waals surface area contributed by atoms with Crippen molar-refractivity contribution in [2.45, 2.75) is 38.6 Å². The van der Waals surface area contributed by atoms with E-state index in [2.05, 4.69) is 67.3 Å². The van der Waals surface area contributed by atoms with E-state index in [4.69, 9.17) is 0 Å². The van der Waals surface area contributed by atoms with Crippen molar-refractivity contribution in [2.24, 2.45) is 5.41 Å². The first-order valence-electron chi connectivity index (χ1n) is 8.46. The number of nitrogens with zero attached hydrogens (tertiary/aromatic N) is 2. The van der Waals surface area contributed by atoms with E-state index in [1.807, 2.05) is 11.8 Å². The Bertz CT molecular complexity index is 490. The van der Waals surface area contributed by atoms with Crippen LogP contribution in [0.3, 0.4) is 0 Å². The fourth-order valence-electron chi connectivity index (χ4n) is 3.54. The van der Waals surface area contributed by atoms with Crippen molar-refractivity contribution in [1.82, 2.24) is 14.8 Å². The lowest BCUT2D eigenvalue weighted by molar-refractivity contribution is -0.123. The van der Waals surface area contributed by atoms with Crippen molar-refractivity contribution < 1.29 is 4.79 Å². The van der Waals surface area contributed by atoms with Crippen LogP contribution in [0.15, 0.2) is 24.5 Å². The lowest BCUT2D eigenvalue weighted by Crippen LogP contribution is -2.45. The lowest BCUT2D eigenvalue weighted by atomic mass is 9.87. The molecule has 1 aromatic heterocycles. The SMILES string of the molecule is CN(C)CC(C)(C)CNC(=O)CC1(n2cccc2)CCSCC1. The van der Waals surface area contributed by atoms with Gasteiger partial charge in [0.05, 0.1) is 12.0 Å². The van der Waals surface area contributed by atoms with Crippen LogP contribution >= 0.6 is 11.8 Å². The maximum Gasteiger partial charge on any atom is 0.222 e. The minimum atomic E-state index is -0.0372. The van der Waals surface area contributed by atoms with Crippen molar-refractivity contribution in [2.75, 3.05) is 38.7 Å². The van der Waals surface area contributed by atoms with Gasteiger partial charge in [0.15, 0.2) is 0 Å². The maximum atomic E-state index is 12.6. The van der Waals surface area contributed by atoms with Gasteiger partial charge in [-0.3, -0.25) is 4.79 Å². The van der Waals surface area contributed by atoms with E-state index in [0.717, 1.165) is 37.4 Å². The van der Waals surface area contributed by atoms with Crippen molar-refractivity contribution in [1.29, 1.82) is 0 Å². The standard InChI is InChI=1S/C18H31N3OS/c1-17(2,15-20(3)4)14-19-16(22)13-18(7-11-23-12-8-18)21-9-5-6-10-21/h5-6,9-10H,7-8,11-15H2,1-4H3,(H,19,22). The van der Waals surface area contributed by atoms with Crippen LogP contribution in [0.4, 0.5) is 0 Å². The minimum Gasteiger partial charge on any atom is -0.355 e. The van der Waals surface area contributed by atoms with Gasteiger partial charge in [0.2, 0.25) is 5.91 Å². The minimum absolute atomic E-state index is 0.0372. The number of nitrogens with one attached hydrogen (secondary N) is 1. The molecule has 1 fully saturated rings. The molecule has 0 bridgehead atoms. The first kappa shape index (κ1) is 18.4. The first-order chi connectivity index (χ1) is 10.8. The van der Waals surface area contributed by atoms with Crippen LogP contribution in [-0.4, -0.2) is 54.1 Å². The van der Waals surface area contributed by atoms with E-state index in [-0.39, 0.29) is 16.9 Å². The van der Waals surface area contributed by atoms with Gasteiger partial charge in [-0.1, -0.05) is 13.8 Å². The molecule has 0 aromatic carbocycles. The molecule has 130 valence electrons. The summed E-state index contributed by atoms with van der Waals surface area (Å²) in [6.07, 6.45) is 6.94. The number of hydrogen-bond donors (Lipinski definition) is 1. The summed E-state index contributed by atoms with van der Waals surface area (Å²) in [5.41, 5.74) is 0.0483. The predicted molar refractivity (Wildman–Crippen MR) is 98.9 cm³/mol. The number of rotatable bonds is 7. The molecule has 0 spiro atoms. The highest BCUT2D eigenvalue weighted by Crippen LogP contribution is 2.36. The second kappa shape index (κ2) is 7.75. The van der Waals surface area contributed by atoms with Crippen molar-refractivity contribution in [3.8, 4) is 0 Å². The van der Waals surface area contributed by atoms with E-state index < -0.39 is 0 Å². The fourth-order valence-corrected chi connectivity index (χ4v) is 4.79. The quantitative estimate of drug-likeness (QED) is 0.831. The highest BCUT2D eigenvalue weighted by molar-refractivity contribution is 7.99. The average molecular weight is 338 g/mol. The Kier molecular flexibility index (Phi) is 6.20. The molecule has 5 heteroatoms. The highest BCUT2D eigenvalue weighted by atomic mass is 32.2. The average Bonchev–Trinajstić information content (AvgIpc) is 3.00. The molecule has 1 aliphatic heterocycles. The molecule has 23 heavy (non-hydrogen) atoms. The van der Waals surface area contributed by atoms with Gasteiger partial charge in [-0.2, -0.15) is 11.8 Å².